The van der Waals surface area contributed by atoms with Crippen LogP contribution >= 0.6 is 27.5 Å². The molecule has 0 unspecified atom stereocenters. The van der Waals surface area contributed by atoms with Crippen molar-refractivity contribution >= 4 is 38.5 Å². The number of carbonyl (C=O) groups excluding carboxylic acids is 1. The number of nitrogens with zero attached hydrogens (tertiary/aromatic N) is 1. The number of ether oxygens (including phenoxy) is 1. The van der Waals surface area contributed by atoms with Crippen molar-refractivity contribution in [3.8, 4) is 5.75 Å². The monoisotopic (exact) mass is 293 g/mol. The first kappa shape index (κ1) is 11.9. The third-order valence-electron chi connectivity index (χ3n) is 1.65. The highest BCUT2D eigenvalue weighted by molar-refractivity contribution is 9.10. The molecule has 0 spiro atoms. The van der Waals surface area contributed by atoms with Gasteiger partial charge in [-0.2, -0.15) is 0 Å². The Labute approximate surface area is 98.3 Å². The van der Waals surface area contributed by atoms with Crippen molar-refractivity contribution in [1.82, 2.24) is 0 Å². The zero-order valence-corrected chi connectivity index (χ0v) is 9.83. The summed E-state index contributed by atoms with van der Waals surface area (Å²) in [6.45, 7) is 0. The number of nitro groups is 1. The Morgan fingerprint density at radius 3 is 2.60 bits per heavy atom. The van der Waals surface area contributed by atoms with Crippen LogP contribution in [0, 0.1) is 10.1 Å². The molecule has 0 bridgehead atoms. The van der Waals surface area contributed by atoms with Crippen molar-refractivity contribution in [2.45, 2.75) is 0 Å². The van der Waals surface area contributed by atoms with E-state index in [1.54, 1.807) is 0 Å². The second-order valence-corrected chi connectivity index (χ2v) is 3.80. The number of rotatable bonds is 3. The lowest BCUT2D eigenvalue weighted by molar-refractivity contribution is -0.385. The van der Waals surface area contributed by atoms with E-state index in [9.17, 15) is 14.9 Å². The van der Waals surface area contributed by atoms with Gasteiger partial charge in [-0.3, -0.25) is 14.9 Å². The number of methoxy groups -OCH3 is 1. The molecule has 80 valence electrons. The minimum absolute atomic E-state index is 0.0414. The van der Waals surface area contributed by atoms with Crippen molar-refractivity contribution in [2.75, 3.05) is 7.11 Å². The number of carbonyl (C=O) groups is 1. The fraction of sp³-hybridized carbons (Fsp3) is 0.125. The quantitative estimate of drug-likeness (QED) is 0.488. The molecule has 0 fully saturated rings. The Morgan fingerprint density at radius 1 is 1.60 bits per heavy atom. The van der Waals surface area contributed by atoms with Crippen molar-refractivity contribution < 1.29 is 14.5 Å². The third-order valence-corrected chi connectivity index (χ3v) is 2.31. The number of halogens is 2. The Bertz CT molecular complexity index is 400. The maximum Gasteiger partial charge on any atom is 0.312 e. The summed E-state index contributed by atoms with van der Waals surface area (Å²) < 4.78 is 5.17. The van der Waals surface area contributed by atoms with Gasteiger partial charge in [-0.05, 0) is 17.7 Å². The van der Waals surface area contributed by atoms with Gasteiger partial charge in [0.25, 0.3) is 5.24 Å². The Hall–Kier alpha value is -1.14. The minimum atomic E-state index is -0.809. The van der Waals surface area contributed by atoms with E-state index in [0.29, 0.717) is 4.47 Å². The summed E-state index contributed by atoms with van der Waals surface area (Å²) in [4.78, 5) is 21.0. The first-order valence-corrected chi connectivity index (χ1v) is 4.86. The minimum Gasteiger partial charge on any atom is -0.490 e. The highest BCUT2D eigenvalue weighted by atomic mass is 79.9. The largest absolute Gasteiger partial charge is 0.490 e. The molecule has 0 N–H and O–H groups in total. The van der Waals surface area contributed by atoms with Crippen LogP contribution in [-0.2, 0) is 0 Å². The molecule has 0 heterocycles. The van der Waals surface area contributed by atoms with Crippen LogP contribution in [0.4, 0.5) is 5.69 Å². The topological polar surface area (TPSA) is 69.4 Å². The molecule has 0 saturated heterocycles. The fourth-order valence-electron chi connectivity index (χ4n) is 1.08. The van der Waals surface area contributed by atoms with Gasteiger partial charge in [0, 0.05) is 10.5 Å². The summed E-state index contributed by atoms with van der Waals surface area (Å²) in [5.41, 5.74) is -0.351. The van der Waals surface area contributed by atoms with Crippen molar-refractivity contribution in [3.05, 3.63) is 32.3 Å². The van der Waals surface area contributed by atoms with E-state index >= 15 is 0 Å². The molecule has 0 aliphatic carbocycles. The molecule has 0 amide bonds. The highest BCUT2D eigenvalue weighted by Gasteiger charge is 2.23. The van der Waals surface area contributed by atoms with Crippen molar-refractivity contribution in [3.63, 3.8) is 0 Å². The standard InChI is InChI=1S/C8H5BrClNO4/c1-15-7-5(8(10)12)2-4(9)3-6(7)11(13)14/h2-3H,1H3. The van der Waals surface area contributed by atoms with E-state index in [-0.39, 0.29) is 17.0 Å². The normalized spacial score (nSPS) is 9.80. The predicted molar refractivity (Wildman–Crippen MR) is 57.5 cm³/mol. The van der Waals surface area contributed by atoms with E-state index in [1.165, 1.54) is 19.2 Å². The molecule has 15 heavy (non-hydrogen) atoms. The van der Waals surface area contributed by atoms with Crippen LogP contribution in [-0.4, -0.2) is 17.3 Å². The molecule has 1 aromatic carbocycles. The Kier molecular flexibility index (Phi) is 3.65. The van der Waals surface area contributed by atoms with E-state index in [0.717, 1.165) is 0 Å². The zero-order valence-electron chi connectivity index (χ0n) is 7.49. The van der Waals surface area contributed by atoms with Gasteiger partial charge < -0.3 is 4.74 Å². The van der Waals surface area contributed by atoms with E-state index in [4.69, 9.17) is 16.3 Å². The molecule has 0 saturated carbocycles. The van der Waals surface area contributed by atoms with Crippen LogP contribution in [0.3, 0.4) is 0 Å². The summed E-state index contributed by atoms with van der Waals surface area (Å²) >= 11 is 8.32. The van der Waals surface area contributed by atoms with Crippen LogP contribution < -0.4 is 4.74 Å². The molecule has 0 aliphatic rings. The second kappa shape index (κ2) is 4.59. The van der Waals surface area contributed by atoms with Gasteiger partial charge in [0.05, 0.1) is 17.6 Å². The summed E-state index contributed by atoms with van der Waals surface area (Å²) in [6.07, 6.45) is 0. The average Bonchev–Trinajstić information content (AvgIpc) is 2.16. The molecule has 0 atom stereocenters. The van der Waals surface area contributed by atoms with Crippen molar-refractivity contribution in [2.24, 2.45) is 0 Å². The molecule has 0 aliphatic heterocycles. The summed E-state index contributed by atoms with van der Waals surface area (Å²) in [6, 6.07) is 2.60. The van der Waals surface area contributed by atoms with Crippen LogP contribution in [0.2, 0.25) is 0 Å². The SMILES string of the molecule is COc1c(C(=O)Cl)cc(Br)cc1[N+](=O)[O-]. The fourth-order valence-corrected chi connectivity index (χ4v) is 1.66. The number of hydrogen-bond acceptors (Lipinski definition) is 4. The predicted octanol–water partition coefficient (Wildman–Crippen LogP) is 2.74. The van der Waals surface area contributed by atoms with Crippen LogP contribution in [0.5, 0.6) is 5.75 Å². The molecular formula is C8H5BrClNO4. The molecule has 1 rings (SSSR count). The highest BCUT2D eigenvalue weighted by Crippen LogP contribution is 2.35. The lowest BCUT2D eigenvalue weighted by Crippen LogP contribution is -2.00. The van der Waals surface area contributed by atoms with Gasteiger partial charge >= 0.3 is 5.69 Å². The molecule has 0 radical (unpaired) electrons. The number of hydrogen-bond donors (Lipinski definition) is 0. The van der Waals surface area contributed by atoms with Gasteiger partial charge in [0.1, 0.15) is 0 Å². The second-order valence-electron chi connectivity index (χ2n) is 2.54. The Morgan fingerprint density at radius 2 is 2.20 bits per heavy atom. The van der Waals surface area contributed by atoms with Crippen molar-refractivity contribution in [1.29, 1.82) is 0 Å². The zero-order chi connectivity index (χ0) is 11.6. The van der Waals surface area contributed by atoms with E-state index in [2.05, 4.69) is 15.9 Å². The smallest absolute Gasteiger partial charge is 0.312 e. The summed E-state index contributed by atoms with van der Waals surface area (Å²) in [5, 5.41) is 9.85. The third kappa shape index (κ3) is 2.45. The molecule has 7 heteroatoms. The lowest BCUT2D eigenvalue weighted by atomic mass is 10.2. The van der Waals surface area contributed by atoms with E-state index in [1.807, 2.05) is 0 Å². The van der Waals surface area contributed by atoms with Gasteiger partial charge in [0.2, 0.25) is 5.75 Å². The molecule has 1 aromatic rings. The lowest BCUT2D eigenvalue weighted by Gasteiger charge is -2.05. The van der Waals surface area contributed by atoms with Gasteiger partial charge in [-0.25, -0.2) is 0 Å². The Balaban J connectivity index is 3.52. The molecular weight excluding hydrogens is 289 g/mol. The maximum atomic E-state index is 11.0. The van der Waals surface area contributed by atoms with Gasteiger partial charge in [-0.15, -0.1) is 0 Å². The average molecular weight is 294 g/mol. The first-order valence-electron chi connectivity index (χ1n) is 3.69. The summed E-state index contributed by atoms with van der Waals surface area (Å²) in [5.74, 6) is -0.136. The molecule has 0 aromatic heterocycles. The van der Waals surface area contributed by atoms with Crippen LogP contribution in [0.1, 0.15) is 10.4 Å². The maximum absolute atomic E-state index is 11.0. The van der Waals surface area contributed by atoms with Gasteiger partial charge in [-0.1, -0.05) is 15.9 Å². The number of benzene rings is 1. The summed E-state index contributed by atoms with van der Waals surface area (Å²) in [7, 11) is 1.24. The molecule has 5 nitrogen and oxygen atoms in total. The number of nitro benzene ring substituents is 1. The van der Waals surface area contributed by atoms with Gasteiger partial charge in [0.15, 0.2) is 0 Å². The first-order chi connectivity index (χ1) is 6.97. The van der Waals surface area contributed by atoms with Crippen LogP contribution in [0.25, 0.3) is 0 Å². The van der Waals surface area contributed by atoms with Crippen LogP contribution in [0.15, 0.2) is 16.6 Å². The van der Waals surface area contributed by atoms with E-state index < -0.39 is 10.2 Å².